The number of aromatic nitrogens is 2. The molecule has 0 amide bonds. The van der Waals surface area contributed by atoms with Gasteiger partial charge in [-0.2, -0.15) is 0 Å². The predicted octanol–water partition coefficient (Wildman–Crippen LogP) is 4.39. The Morgan fingerprint density at radius 2 is 2.05 bits per heavy atom. The third kappa shape index (κ3) is 3.74. The van der Waals surface area contributed by atoms with Crippen LogP contribution in [0.1, 0.15) is 16.3 Å². The summed E-state index contributed by atoms with van der Waals surface area (Å²) in [5.74, 6) is 1.17. The van der Waals surface area contributed by atoms with Gasteiger partial charge >= 0.3 is 0 Å². The van der Waals surface area contributed by atoms with E-state index in [1.54, 1.807) is 11.3 Å². The number of rotatable bonds is 5. The van der Waals surface area contributed by atoms with Gasteiger partial charge in [-0.3, -0.25) is 4.90 Å². The molecule has 2 aromatic heterocycles. The molecule has 114 valence electrons. The fourth-order valence-corrected chi connectivity index (χ4v) is 3.37. The first kappa shape index (κ1) is 15.2. The van der Waals surface area contributed by atoms with Crippen molar-refractivity contribution < 1.29 is 4.42 Å². The van der Waals surface area contributed by atoms with E-state index < -0.39 is 0 Å². The van der Waals surface area contributed by atoms with Crippen molar-refractivity contribution >= 4 is 22.9 Å². The highest BCUT2D eigenvalue weighted by Crippen LogP contribution is 2.23. The first-order valence-electron chi connectivity index (χ1n) is 6.92. The number of hydrogen-bond acceptors (Lipinski definition) is 5. The van der Waals surface area contributed by atoms with Crippen LogP contribution in [0.2, 0.25) is 4.34 Å². The van der Waals surface area contributed by atoms with Crippen LogP contribution < -0.4 is 0 Å². The van der Waals surface area contributed by atoms with E-state index in [0.717, 1.165) is 16.4 Å². The van der Waals surface area contributed by atoms with Crippen LogP contribution in [0.5, 0.6) is 0 Å². The first-order valence-corrected chi connectivity index (χ1v) is 8.12. The molecule has 0 radical (unpaired) electrons. The van der Waals surface area contributed by atoms with E-state index in [1.165, 1.54) is 10.4 Å². The second kappa shape index (κ2) is 6.60. The van der Waals surface area contributed by atoms with Gasteiger partial charge in [-0.25, -0.2) is 0 Å². The number of benzene rings is 1. The van der Waals surface area contributed by atoms with Crippen molar-refractivity contribution in [1.29, 1.82) is 0 Å². The lowest BCUT2D eigenvalue weighted by atomic mass is 10.1. The molecular weight excluding hydrogens is 318 g/mol. The Kier molecular flexibility index (Phi) is 4.57. The van der Waals surface area contributed by atoms with Crippen molar-refractivity contribution in [1.82, 2.24) is 15.1 Å². The molecule has 0 fully saturated rings. The molecule has 0 aliphatic heterocycles. The molecule has 0 unspecified atom stereocenters. The zero-order valence-corrected chi connectivity index (χ0v) is 14.0. The summed E-state index contributed by atoms with van der Waals surface area (Å²) in [5, 5.41) is 8.26. The molecule has 0 saturated heterocycles. The highest BCUT2D eigenvalue weighted by Gasteiger charge is 2.11. The molecule has 0 bridgehead atoms. The average Bonchev–Trinajstić information content (AvgIpc) is 3.08. The predicted molar refractivity (Wildman–Crippen MR) is 89.0 cm³/mol. The highest BCUT2D eigenvalue weighted by molar-refractivity contribution is 7.16. The molecule has 0 saturated carbocycles. The first-order chi connectivity index (χ1) is 10.6. The van der Waals surface area contributed by atoms with Crippen LogP contribution in [0.4, 0.5) is 0 Å². The van der Waals surface area contributed by atoms with E-state index in [9.17, 15) is 0 Å². The Morgan fingerprint density at radius 1 is 1.18 bits per heavy atom. The SMILES string of the molecule is Cc1cccc(-c2nnc(CN(C)Cc3ccc(Cl)s3)o2)c1. The molecule has 22 heavy (non-hydrogen) atoms. The van der Waals surface area contributed by atoms with Gasteiger partial charge in [0.25, 0.3) is 0 Å². The smallest absolute Gasteiger partial charge is 0.247 e. The van der Waals surface area contributed by atoms with Crippen molar-refractivity contribution in [2.45, 2.75) is 20.0 Å². The minimum absolute atomic E-state index is 0.561. The van der Waals surface area contributed by atoms with Gasteiger partial charge < -0.3 is 4.42 Å². The van der Waals surface area contributed by atoms with Crippen molar-refractivity contribution in [2.75, 3.05) is 7.05 Å². The molecule has 0 N–H and O–H groups in total. The molecule has 0 aliphatic rings. The third-order valence-electron chi connectivity index (χ3n) is 3.19. The monoisotopic (exact) mass is 333 g/mol. The summed E-state index contributed by atoms with van der Waals surface area (Å²) in [6, 6.07) is 12.0. The quantitative estimate of drug-likeness (QED) is 0.694. The van der Waals surface area contributed by atoms with Gasteiger partial charge in [0.15, 0.2) is 0 Å². The molecule has 6 heteroatoms. The zero-order chi connectivity index (χ0) is 15.5. The average molecular weight is 334 g/mol. The minimum Gasteiger partial charge on any atom is -0.419 e. The van der Waals surface area contributed by atoms with E-state index in [-0.39, 0.29) is 0 Å². The number of aryl methyl sites for hydroxylation is 1. The van der Waals surface area contributed by atoms with E-state index in [0.29, 0.717) is 18.3 Å². The normalized spacial score (nSPS) is 11.3. The number of nitrogens with zero attached hydrogens (tertiary/aromatic N) is 3. The van der Waals surface area contributed by atoms with Gasteiger partial charge in [0, 0.05) is 17.0 Å². The molecule has 2 heterocycles. The molecule has 0 spiro atoms. The largest absolute Gasteiger partial charge is 0.419 e. The topological polar surface area (TPSA) is 42.2 Å². The van der Waals surface area contributed by atoms with Crippen molar-refractivity contribution in [3.63, 3.8) is 0 Å². The Labute approximate surface area is 138 Å². The summed E-state index contributed by atoms with van der Waals surface area (Å²) in [7, 11) is 2.02. The van der Waals surface area contributed by atoms with Crippen LogP contribution in [0.3, 0.4) is 0 Å². The second-order valence-electron chi connectivity index (χ2n) is 5.25. The summed E-state index contributed by atoms with van der Waals surface area (Å²) in [5.41, 5.74) is 2.12. The third-order valence-corrected chi connectivity index (χ3v) is 4.41. The Morgan fingerprint density at radius 3 is 2.77 bits per heavy atom. The highest BCUT2D eigenvalue weighted by atomic mass is 35.5. The number of halogens is 1. The fourth-order valence-electron chi connectivity index (χ4n) is 2.20. The van der Waals surface area contributed by atoms with Gasteiger partial charge in [-0.05, 0) is 38.2 Å². The van der Waals surface area contributed by atoms with E-state index >= 15 is 0 Å². The number of hydrogen-bond donors (Lipinski definition) is 0. The van der Waals surface area contributed by atoms with Gasteiger partial charge in [-0.1, -0.05) is 29.3 Å². The summed E-state index contributed by atoms with van der Waals surface area (Å²) >= 11 is 7.53. The molecular formula is C16H16ClN3OS. The Bertz CT molecular complexity index is 768. The zero-order valence-electron chi connectivity index (χ0n) is 12.4. The molecule has 0 atom stereocenters. The van der Waals surface area contributed by atoms with Crippen molar-refractivity contribution in [3.05, 3.63) is 57.1 Å². The van der Waals surface area contributed by atoms with E-state index in [2.05, 4.69) is 15.1 Å². The van der Waals surface area contributed by atoms with E-state index in [1.807, 2.05) is 50.4 Å². The molecule has 4 nitrogen and oxygen atoms in total. The lowest BCUT2D eigenvalue weighted by Gasteiger charge is -2.12. The van der Waals surface area contributed by atoms with Gasteiger partial charge in [0.2, 0.25) is 11.8 Å². The lowest BCUT2D eigenvalue weighted by Crippen LogP contribution is -2.16. The van der Waals surface area contributed by atoms with Crippen LogP contribution in [-0.4, -0.2) is 22.1 Å². The second-order valence-corrected chi connectivity index (χ2v) is 7.05. The van der Waals surface area contributed by atoms with Crippen LogP contribution in [-0.2, 0) is 13.1 Å². The summed E-state index contributed by atoms with van der Waals surface area (Å²) in [6.07, 6.45) is 0. The van der Waals surface area contributed by atoms with Crippen molar-refractivity contribution in [2.24, 2.45) is 0 Å². The van der Waals surface area contributed by atoms with Gasteiger partial charge in [0.05, 0.1) is 10.9 Å². The van der Waals surface area contributed by atoms with E-state index in [4.69, 9.17) is 16.0 Å². The van der Waals surface area contributed by atoms with Crippen LogP contribution in [0.25, 0.3) is 11.5 Å². The van der Waals surface area contributed by atoms with Gasteiger partial charge in [-0.15, -0.1) is 21.5 Å². The lowest BCUT2D eigenvalue weighted by molar-refractivity contribution is 0.285. The summed E-state index contributed by atoms with van der Waals surface area (Å²) < 4.78 is 6.56. The summed E-state index contributed by atoms with van der Waals surface area (Å²) in [6.45, 7) is 3.45. The summed E-state index contributed by atoms with van der Waals surface area (Å²) in [4.78, 5) is 3.33. The Balaban J connectivity index is 1.66. The maximum atomic E-state index is 5.95. The Hall–Kier alpha value is -1.69. The van der Waals surface area contributed by atoms with Crippen LogP contribution in [0, 0.1) is 6.92 Å². The molecule has 0 aliphatic carbocycles. The molecule has 3 rings (SSSR count). The molecule has 1 aromatic carbocycles. The van der Waals surface area contributed by atoms with Gasteiger partial charge in [0.1, 0.15) is 0 Å². The number of thiophene rings is 1. The minimum atomic E-state index is 0.561. The van der Waals surface area contributed by atoms with Crippen LogP contribution in [0.15, 0.2) is 40.8 Å². The standard InChI is InChI=1S/C16H16ClN3OS/c1-11-4-3-5-12(8-11)16-19-18-15(21-16)10-20(2)9-13-6-7-14(17)22-13/h3-8H,9-10H2,1-2H3. The van der Waals surface area contributed by atoms with Crippen molar-refractivity contribution in [3.8, 4) is 11.5 Å². The molecule has 3 aromatic rings. The maximum absolute atomic E-state index is 5.95. The maximum Gasteiger partial charge on any atom is 0.247 e. The van der Waals surface area contributed by atoms with Crippen LogP contribution >= 0.6 is 22.9 Å². The fraction of sp³-hybridized carbons (Fsp3) is 0.250.